The van der Waals surface area contributed by atoms with Gasteiger partial charge in [-0.3, -0.25) is 0 Å². The molecule has 2 rings (SSSR count). The highest BCUT2D eigenvalue weighted by atomic mass is 16.3. The Morgan fingerprint density at radius 2 is 2.23 bits per heavy atom. The van der Waals surface area contributed by atoms with E-state index in [1.54, 1.807) is 18.2 Å². The maximum absolute atomic E-state index is 9.25. The first-order chi connectivity index (χ1) is 6.16. The van der Waals surface area contributed by atoms with E-state index in [1.807, 2.05) is 0 Å². The van der Waals surface area contributed by atoms with E-state index in [0.717, 1.165) is 16.8 Å². The first kappa shape index (κ1) is 7.86. The molecule has 3 nitrogen and oxygen atoms in total. The summed E-state index contributed by atoms with van der Waals surface area (Å²) in [6.45, 7) is 3.74. The minimum Gasteiger partial charge on any atom is -0.508 e. The Kier molecular flexibility index (Phi) is 1.59. The van der Waals surface area contributed by atoms with Crippen molar-refractivity contribution < 1.29 is 5.11 Å². The Balaban J connectivity index is 2.60. The van der Waals surface area contributed by atoms with E-state index in [2.05, 4.69) is 11.6 Å². The maximum atomic E-state index is 9.25. The molecule has 1 aliphatic heterocycles. The molecule has 13 heavy (non-hydrogen) atoms. The number of hydrogen-bond acceptors (Lipinski definition) is 3. The summed E-state index contributed by atoms with van der Waals surface area (Å²) >= 11 is 0. The first-order valence-electron chi connectivity index (χ1n) is 4.01. The molecule has 1 heterocycles. The van der Waals surface area contributed by atoms with Crippen LogP contribution in [0, 0.1) is 0 Å². The molecule has 0 unspecified atom stereocenters. The predicted molar refractivity (Wildman–Crippen MR) is 51.7 cm³/mol. The summed E-state index contributed by atoms with van der Waals surface area (Å²) in [6, 6.07) is 5.08. The fourth-order valence-corrected chi connectivity index (χ4v) is 1.47. The molecule has 66 valence electrons. The van der Waals surface area contributed by atoms with Gasteiger partial charge in [0.2, 0.25) is 0 Å². The fraction of sp³-hybridized carbons (Fsp3) is 0.100. The topological polar surface area (TPSA) is 58.6 Å². The molecule has 0 aromatic heterocycles. The number of phenols is 1. The lowest BCUT2D eigenvalue weighted by Gasteiger charge is -2.14. The van der Waals surface area contributed by atoms with E-state index in [0.29, 0.717) is 12.3 Å². The second-order valence-electron chi connectivity index (χ2n) is 3.08. The number of allylic oxidation sites excluding steroid dienone is 1. The summed E-state index contributed by atoms with van der Waals surface area (Å²) in [6.07, 6.45) is 0.657. The smallest absolute Gasteiger partial charge is 0.131 e. The van der Waals surface area contributed by atoms with Gasteiger partial charge < -0.3 is 10.8 Å². The lowest BCUT2D eigenvalue weighted by atomic mass is 9.99. The quantitative estimate of drug-likeness (QED) is 0.620. The number of fused-ring (bicyclic) bond motifs is 1. The van der Waals surface area contributed by atoms with Gasteiger partial charge in [-0.15, -0.1) is 0 Å². The van der Waals surface area contributed by atoms with E-state index >= 15 is 0 Å². The Hall–Kier alpha value is -1.77. The van der Waals surface area contributed by atoms with Crippen LogP contribution in [0.25, 0.3) is 0 Å². The lowest BCUT2D eigenvalue weighted by Crippen LogP contribution is -2.19. The number of phenolic OH excluding ortho intramolecular Hbond substituents is 1. The Morgan fingerprint density at radius 1 is 1.46 bits per heavy atom. The third-order valence-corrected chi connectivity index (χ3v) is 2.04. The van der Waals surface area contributed by atoms with Gasteiger partial charge in [-0.25, -0.2) is 4.99 Å². The number of rotatable bonds is 0. The molecule has 0 radical (unpaired) electrons. The van der Waals surface area contributed by atoms with Crippen molar-refractivity contribution in [3.05, 3.63) is 41.6 Å². The standard InChI is InChI=1S/C10H10N2O/c1-6-4-7-5-8(13)2-3-9(7)10(11)12-6/h2-3,5,13H,1,4H2,(H2,11,12). The number of amidine groups is 1. The molecule has 0 spiro atoms. The van der Waals surface area contributed by atoms with Crippen LogP contribution < -0.4 is 5.73 Å². The van der Waals surface area contributed by atoms with Crippen molar-refractivity contribution in [2.24, 2.45) is 10.7 Å². The van der Waals surface area contributed by atoms with E-state index in [-0.39, 0.29) is 5.75 Å². The lowest BCUT2D eigenvalue weighted by molar-refractivity contribution is 0.474. The molecular formula is C10H10N2O. The highest BCUT2D eigenvalue weighted by Gasteiger charge is 2.13. The number of nitrogens with two attached hydrogens (primary N) is 1. The molecule has 1 aromatic rings. The van der Waals surface area contributed by atoms with Crippen LogP contribution >= 0.6 is 0 Å². The van der Waals surface area contributed by atoms with Crippen LogP contribution in [0.3, 0.4) is 0 Å². The SMILES string of the molecule is C=C1Cc2cc(O)ccc2C(N)=N1. The molecule has 0 saturated heterocycles. The van der Waals surface area contributed by atoms with Crippen LogP contribution in [0.2, 0.25) is 0 Å². The van der Waals surface area contributed by atoms with Crippen LogP contribution in [-0.4, -0.2) is 10.9 Å². The van der Waals surface area contributed by atoms with Gasteiger partial charge in [0.1, 0.15) is 11.6 Å². The van der Waals surface area contributed by atoms with E-state index in [4.69, 9.17) is 5.73 Å². The van der Waals surface area contributed by atoms with Gasteiger partial charge in [0.15, 0.2) is 0 Å². The van der Waals surface area contributed by atoms with Gasteiger partial charge >= 0.3 is 0 Å². The number of aliphatic imine (C=N–C) groups is 1. The zero-order valence-corrected chi connectivity index (χ0v) is 7.12. The number of aromatic hydroxyl groups is 1. The van der Waals surface area contributed by atoms with Crippen molar-refractivity contribution in [3.63, 3.8) is 0 Å². The summed E-state index contributed by atoms with van der Waals surface area (Å²) in [5.74, 6) is 0.729. The highest BCUT2D eigenvalue weighted by Crippen LogP contribution is 2.23. The monoisotopic (exact) mass is 174 g/mol. The van der Waals surface area contributed by atoms with Crippen molar-refractivity contribution in [2.75, 3.05) is 0 Å². The van der Waals surface area contributed by atoms with Crippen molar-refractivity contribution in [1.82, 2.24) is 0 Å². The van der Waals surface area contributed by atoms with Gasteiger partial charge in [-0.1, -0.05) is 6.58 Å². The van der Waals surface area contributed by atoms with Gasteiger partial charge in [-0.05, 0) is 23.8 Å². The molecule has 3 heteroatoms. The molecule has 1 aromatic carbocycles. The molecule has 0 amide bonds. The third kappa shape index (κ3) is 1.28. The summed E-state index contributed by atoms with van der Waals surface area (Å²) in [5.41, 5.74) is 8.30. The molecule has 1 aliphatic rings. The van der Waals surface area contributed by atoms with E-state index in [1.165, 1.54) is 0 Å². The molecule has 0 bridgehead atoms. The summed E-state index contributed by atoms with van der Waals surface area (Å²) in [5, 5.41) is 9.25. The number of benzene rings is 1. The van der Waals surface area contributed by atoms with Crippen LogP contribution in [0.5, 0.6) is 5.75 Å². The molecular weight excluding hydrogens is 164 g/mol. The second kappa shape index (κ2) is 2.62. The van der Waals surface area contributed by atoms with Crippen LogP contribution in [-0.2, 0) is 6.42 Å². The van der Waals surface area contributed by atoms with Crippen molar-refractivity contribution in [2.45, 2.75) is 6.42 Å². The minimum atomic E-state index is 0.251. The van der Waals surface area contributed by atoms with Crippen molar-refractivity contribution >= 4 is 5.84 Å². The molecule has 0 aliphatic carbocycles. The van der Waals surface area contributed by atoms with Crippen molar-refractivity contribution in [1.29, 1.82) is 0 Å². The maximum Gasteiger partial charge on any atom is 0.131 e. The van der Waals surface area contributed by atoms with Crippen molar-refractivity contribution in [3.8, 4) is 5.75 Å². The first-order valence-corrected chi connectivity index (χ1v) is 4.01. The average Bonchev–Trinajstić information content (AvgIpc) is 2.02. The molecule has 3 N–H and O–H groups in total. The fourth-order valence-electron chi connectivity index (χ4n) is 1.47. The third-order valence-electron chi connectivity index (χ3n) is 2.04. The van der Waals surface area contributed by atoms with Gasteiger partial charge in [0.25, 0.3) is 0 Å². The van der Waals surface area contributed by atoms with Gasteiger partial charge in [-0.2, -0.15) is 0 Å². The van der Waals surface area contributed by atoms with E-state index in [9.17, 15) is 5.11 Å². The van der Waals surface area contributed by atoms with Crippen LogP contribution in [0.1, 0.15) is 11.1 Å². The van der Waals surface area contributed by atoms with Gasteiger partial charge in [0.05, 0.1) is 0 Å². The summed E-state index contributed by atoms with van der Waals surface area (Å²) in [4.78, 5) is 4.07. The number of nitrogens with zero attached hydrogens (tertiary/aromatic N) is 1. The summed E-state index contributed by atoms with van der Waals surface area (Å²) in [7, 11) is 0. The average molecular weight is 174 g/mol. The highest BCUT2D eigenvalue weighted by molar-refractivity contribution is 6.00. The zero-order chi connectivity index (χ0) is 9.42. The van der Waals surface area contributed by atoms with E-state index < -0.39 is 0 Å². The van der Waals surface area contributed by atoms with Crippen LogP contribution in [0.4, 0.5) is 0 Å². The Morgan fingerprint density at radius 3 is 3.00 bits per heavy atom. The Bertz CT molecular complexity index is 407. The number of hydrogen-bond donors (Lipinski definition) is 2. The minimum absolute atomic E-state index is 0.251. The molecule has 0 saturated carbocycles. The largest absolute Gasteiger partial charge is 0.508 e. The molecule has 0 fully saturated rings. The molecule has 0 atom stereocenters. The summed E-state index contributed by atoms with van der Waals surface area (Å²) < 4.78 is 0. The van der Waals surface area contributed by atoms with Gasteiger partial charge in [0, 0.05) is 17.7 Å². The second-order valence-corrected chi connectivity index (χ2v) is 3.08. The normalized spacial score (nSPS) is 15.1. The van der Waals surface area contributed by atoms with Crippen LogP contribution in [0.15, 0.2) is 35.5 Å². The Labute approximate surface area is 76.2 Å². The predicted octanol–water partition coefficient (Wildman–Crippen LogP) is 1.17. The zero-order valence-electron chi connectivity index (χ0n) is 7.12.